The van der Waals surface area contributed by atoms with Gasteiger partial charge >= 0.3 is 0 Å². The molecular weight excluding hydrogens is 254 g/mol. The number of aldehydes is 1. The third-order valence-electron chi connectivity index (χ3n) is 3.55. The van der Waals surface area contributed by atoms with E-state index in [9.17, 15) is 9.59 Å². The Bertz CT molecular complexity index is 714. The molecule has 1 aromatic heterocycles. The number of nitrogens with zero attached hydrogens (tertiary/aromatic N) is 1. The standard InChI is InChI=1S/C16H15NO3/c1-20-14-4-2-3-11(9-14)15-8-5-12(10-18)16(19)17(15)13-6-7-13/h2-5,8-10,13H,6-7H2,1H3. The van der Waals surface area contributed by atoms with Crippen molar-refractivity contribution >= 4 is 6.29 Å². The first-order valence-electron chi connectivity index (χ1n) is 6.59. The molecule has 1 aliphatic rings. The number of benzene rings is 1. The molecule has 2 aromatic rings. The number of hydrogen-bond acceptors (Lipinski definition) is 3. The number of aromatic nitrogens is 1. The molecule has 0 spiro atoms. The van der Waals surface area contributed by atoms with E-state index in [2.05, 4.69) is 0 Å². The summed E-state index contributed by atoms with van der Waals surface area (Å²) < 4.78 is 6.96. The van der Waals surface area contributed by atoms with Crippen molar-refractivity contribution in [2.24, 2.45) is 0 Å². The molecule has 1 fully saturated rings. The van der Waals surface area contributed by atoms with Crippen molar-refractivity contribution in [2.45, 2.75) is 18.9 Å². The number of pyridine rings is 1. The number of carbonyl (C=O) groups excluding carboxylic acids is 1. The largest absolute Gasteiger partial charge is 0.497 e. The van der Waals surface area contributed by atoms with Gasteiger partial charge in [-0.15, -0.1) is 0 Å². The molecule has 0 aliphatic heterocycles. The average molecular weight is 269 g/mol. The summed E-state index contributed by atoms with van der Waals surface area (Å²) in [5.41, 5.74) is 1.76. The van der Waals surface area contributed by atoms with Crippen LogP contribution in [0.1, 0.15) is 29.2 Å². The predicted molar refractivity (Wildman–Crippen MR) is 76.3 cm³/mol. The zero-order valence-corrected chi connectivity index (χ0v) is 11.2. The Kier molecular flexibility index (Phi) is 3.14. The molecule has 102 valence electrons. The second-order valence-electron chi connectivity index (χ2n) is 4.93. The Morgan fingerprint density at radius 2 is 2.05 bits per heavy atom. The quantitative estimate of drug-likeness (QED) is 0.802. The first-order chi connectivity index (χ1) is 9.74. The summed E-state index contributed by atoms with van der Waals surface area (Å²) in [6, 6.07) is 11.2. The minimum atomic E-state index is -0.206. The fourth-order valence-electron chi connectivity index (χ4n) is 2.37. The number of methoxy groups -OCH3 is 1. The number of carbonyl (C=O) groups is 1. The van der Waals surface area contributed by atoms with Crippen LogP contribution in [0.5, 0.6) is 5.75 Å². The number of ether oxygens (including phenoxy) is 1. The van der Waals surface area contributed by atoms with E-state index in [-0.39, 0.29) is 17.2 Å². The molecule has 0 amide bonds. The molecule has 4 heteroatoms. The van der Waals surface area contributed by atoms with E-state index in [1.54, 1.807) is 17.7 Å². The van der Waals surface area contributed by atoms with Crippen molar-refractivity contribution in [3.05, 3.63) is 52.3 Å². The maximum absolute atomic E-state index is 12.3. The van der Waals surface area contributed by atoms with Gasteiger partial charge < -0.3 is 9.30 Å². The van der Waals surface area contributed by atoms with Gasteiger partial charge in [-0.2, -0.15) is 0 Å². The Hall–Kier alpha value is -2.36. The van der Waals surface area contributed by atoms with Gasteiger partial charge in [-0.3, -0.25) is 9.59 Å². The van der Waals surface area contributed by atoms with E-state index in [1.807, 2.05) is 30.3 Å². The van der Waals surface area contributed by atoms with Crippen molar-refractivity contribution in [3.8, 4) is 17.0 Å². The third kappa shape index (κ3) is 2.13. The number of rotatable bonds is 4. The van der Waals surface area contributed by atoms with Crippen LogP contribution in [0.25, 0.3) is 11.3 Å². The lowest BCUT2D eigenvalue weighted by Gasteiger charge is -2.13. The molecule has 20 heavy (non-hydrogen) atoms. The molecule has 1 aliphatic carbocycles. The van der Waals surface area contributed by atoms with Crippen LogP contribution in [-0.2, 0) is 0 Å². The van der Waals surface area contributed by atoms with Crippen molar-refractivity contribution in [1.82, 2.24) is 4.57 Å². The lowest BCUT2D eigenvalue weighted by Crippen LogP contribution is -2.24. The highest BCUT2D eigenvalue weighted by molar-refractivity contribution is 5.75. The molecule has 4 nitrogen and oxygen atoms in total. The normalized spacial score (nSPS) is 14.1. The Labute approximate surface area is 116 Å². The molecular formula is C16H15NO3. The van der Waals surface area contributed by atoms with Gasteiger partial charge in [-0.1, -0.05) is 12.1 Å². The first-order valence-corrected chi connectivity index (χ1v) is 6.59. The molecule has 0 atom stereocenters. The summed E-state index contributed by atoms with van der Waals surface area (Å²) in [5, 5.41) is 0. The molecule has 0 unspecified atom stereocenters. The molecule has 1 aromatic carbocycles. The van der Waals surface area contributed by atoms with Gasteiger partial charge in [0.05, 0.1) is 18.4 Å². The van der Waals surface area contributed by atoms with E-state index in [0.29, 0.717) is 6.29 Å². The summed E-state index contributed by atoms with van der Waals surface area (Å²) in [7, 11) is 1.61. The predicted octanol–water partition coefficient (Wildman–Crippen LogP) is 2.67. The van der Waals surface area contributed by atoms with E-state index in [0.717, 1.165) is 29.8 Å². The van der Waals surface area contributed by atoms with E-state index in [1.165, 1.54) is 0 Å². The highest BCUT2D eigenvalue weighted by Gasteiger charge is 2.27. The van der Waals surface area contributed by atoms with Crippen molar-refractivity contribution in [1.29, 1.82) is 0 Å². The lowest BCUT2D eigenvalue weighted by molar-refractivity contribution is 0.112. The van der Waals surface area contributed by atoms with E-state index >= 15 is 0 Å². The summed E-state index contributed by atoms with van der Waals surface area (Å²) >= 11 is 0. The molecule has 0 radical (unpaired) electrons. The maximum atomic E-state index is 12.3. The fourth-order valence-corrected chi connectivity index (χ4v) is 2.37. The van der Waals surface area contributed by atoms with Crippen LogP contribution < -0.4 is 10.3 Å². The van der Waals surface area contributed by atoms with E-state index in [4.69, 9.17) is 4.74 Å². The molecule has 1 saturated carbocycles. The average Bonchev–Trinajstić information content (AvgIpc) is 3.31. The van der Waals surface area contributed by atoms with Gasteiger partial charge in [-0.25, -0.2) is 0 Å². The smallest absolute Gasteiger partial charge is 0.261 e. The van der Waals surface area contributed by atoms with Crippen LogP contribution in [0.2, 0.25) is 0 Å². The Morgan fingerprint density at radius 1 is 1.25 bits per heavy atom. The highest BCUT2D eigenvalue weighted by Crippen LogP contribution is 2.37. The van der Waals surface area contributed by atoms with Crippen LogP contribution in [0.4, 0.5) is 0 Å². The lowest BCUT2D eigenvalue weighted by atomic mass is 10.1. The zero-order chi connectivity index (χ0) is 14.1. The van der Waals surface area contributed by atoms with Crippen molar-refractivity contribution in [3.63, 3.8) is 0 Å². The Balaban J connectivity index is 2.20. The Morgan fingerprint density at radius 3 is 2.70 bits per heavy atom. The van der Waals surface area contributed by atoms with Crippen LogP contribution in [0, 0.1) is 0 Å². The highest BCUT2D eigenvalue weighted by atomic mass is 16.5. The zero-order valence-electron chi connectivity index (χ0n) is 11.2. The van der Waals surface area contributed by atoms with Gasteiger partial charge in [0.15, 0.2) is 6.29 Å². The summed E-state index contributed by atoms with van der Waals surface area (Å²) in [6.45, 7) is 0. The summed E-state index contributed by atoms with van der Waals surface area (Å²) in [5.74, 6) is 0.747. The topological polar surface area (TPSA) is 48.3 Å². The third-order valence-corrected chi connectivity index (χ3v) is 3.55. The van der Waals surface area contributed by atoms with Gasteiger partial charge in [0.25, 0.3) is 5.56 Å². The molecule has 1 heterocycles. The van der Waals surface area contributed by atoms with Crippen LogP contribution >= 0.6 is 0 Å². The van der Waals surface area contributed by atoms with Gasteiger partial charge in [-0.05, 0) is 37.1 Å². The van der Waals surface area contributed by atoms with Crippen LogP contribution in [0.15, 0.2) is 41.2 Å². The summed E-state index contributed by atoms with van der Waals surface area (Å²) in [4.78, 5) is 23.3. The van der Waals surface area contributed by atoms with Crippen LogP contribution in [0.3, 0.4) is 0 Å². The first kappa shape index (κ1) is 12.7. The second kappa shape index (κ2) is 4.96. The van der Waals surface area contributed by atoms with Crippen LogP contribution in [-0.4, -0.2) is 18.0 Å². The van der Waals surface area contributed by atoms with Gasteiger partial charge in [0.2, 0.25) is 0 Å². The minimum absolute atomic E-state index is 0.206. The number of hydrogen-bond donors (Lipinski definition) is 0. The minimum Gasteiger partial charge on any atom is -0.497 e. The van der Waals surface area contributed by atoms with E-state index < -0.39 is 0 Å². The van der Waals surface area contributed by atoms with Crippen molar-refractivity contribution < 1.29 is 9.53 Å². The monoisotopic (exact) mass is 269 g/mol. The molecule has 0 saturated heterocycles. The maximum Gasteiger partial charge on any atom is 0.261 e. The van der Waals surface area contributed by atoms with Gasteiger partial charge in [0, 0.05) is 11.6 Å². The SMILES string of the molecule is COc1cccc(-c2ccc(C=O)c(=O)n2C2CC2)c1. The van der Waals surface area contributed by atoms with Crippen molar-refractivity contribution in [2.75, 3.05) is 7.11 Å². The molecule has 0 N–H and O–H groups in total. The molecule has 0 bridgehead atoms. The summed E-state index contributed by atoms with van der Waals surface area (Å²) in [6.07, 6.45) is 2.59. The fraction of sp³-hybridized carbons (Fsp3) is 0.250. The second-order valence-corrected chi connectivity index (χ2v) is 4.93. The van der Waals surface area contributed by atoms with Gasteiger partial charge in [0.1, 0.15) is 5.75 Å². The molecule has 3 rings (SSSR count).